The van der Waals surface area contributed by atoms with E-state index in [1.54, 1.807) is 24.3 Å². The molecule has 0 aliphatic rings. The Labute approximate surface area is 82.7 Å². The van der Waals surface area contributed by atoms with Crippen molar-refractivity contribution in [3.63, 3.8) is 0 Å². The summed E-state index contributed by atoms with van der Waals surface area (Å²) in [6, 6.07) is 6.89. The molecular formula is C11H9ClO. The van der Waals surface area contributed by atoms with Gasteiger partial charge < -0.3 is 0 Å². The van der Waals surface area contributed by atoms with Crippen molar-refractivity contribution in [2.24, 2.45) is 0 Å². The van der Waals surface area contributed by atoms with Crippen molar-refractivity contribution in [3.8, 4) is 12.3 Å². The van der Waals surface area contributed by atoms with Gasteiger partial charge in [0.25, 0.3) is 0 Å². The van der Waals surface area contributed by atoms with Crippen molar-refractivity contribution in [1.82, 2.24) is 0 Å². The summed E-state index contributed by atoms with van der Waals surface area (Å²) in [5.41, 5.74) is 0.628. The van der Waals surface area contributed by atoms with E-state index in [9.17, 15) is 4.79 Å². The molecule has 1 aromatic carbocycles. The number of carbonyl (C=O) groups is 1. The lowest BCUT2D eigenvalue weighted by molar-refractivity contribution is 0.0984. The summed E-state index contributed by atoms with van der Waals surface area (Å²) in [7, 11) is 0. The Bertz CT molecular complexity index is 349. The van der Waals surface area contributed by atoms with Gasteiger partial charge in [-0.2, -0.15) is 0 Å². The molecule has 0 N–H and O–H groups in total. The molecular weight excluding hydrogens is 184 g/mol. The van der Waals surface area contributed by atoms with Crippen LogP contribution in [-0.4, -0.2) is 5.78 Å². The molecule has 0 bridgehead atoms. The average molecular weight is 193 g/mol. The van der Waals surface area contributed by atoms with Crippen LogP contribution in [0.15, 0.2) is 24.3 Å². The Kier molecular flexibility index (Phi) is 3.54. The van der Waals surface area contributed by atoms with Gasteiger partial charge in [-0.15, -0.1) is 12.3 Å². The number of benzene rings is 1. The van der Waals surface area contributed by atoms with Gasteiger partial charge in [-0.25, -0.2) is 0 Å². The Balaban J connectivity index is 2.72. The second-order valence-corrected chi connectivity index (χ2v) is 3.07. The Hall–Kier alpha value is -1.26. The third kappa shape index (κ3) is 2.93. The first-order valence-corrected chi connectivity index (χ1v) is 4.34. The molecule has 0 atom stereocenters. The summed E-state index contributed by atoms with van der Waals surface area (Å²) in [6.45, 7) is 0. The fourth-order valence-corrected chi connectivity index (χ4v) is 1.18. The van der Waals surface area contributed by atoms with Crippen molar-refractivity contribution in [1.29, 1.82) is 0 Å². The summed E-state index contributed by atoms with van der Waals surface area (Å²) < 4.78 is 0. The van der Waals surface area contributed by atoms with E-state index >= 15 is 0 Å². The van der Waals surface area contributed by atoms with Crippen LogP contribution in [0.1, 0.15) is 23.2 Å². The number of terminal acetylenes is 1. The number of ketones is 1. The fraction of sp³-hybridized carbons (Fsp3) is 0.182. The highest BCUT2D eigenvalue weighted by atomic mass is 35.5. The van der Waals surface area contributed by atoms with Crippen LogP contribution in [0.3, 0.4) is 0 Å². The maximum absolute atomic E-state index is 11.4. The van der Waals surface area contributed by atoms with Gasteiger partial charge in [-0.3, -0.25) is 4.79 Å². The topological polar surface area (TPSA) is 17.1 Å². The quantitative estimate of drug-likeness (QED) is 0.532. The van der Waals surface area contributed by atoms with Gasteiger partial charge in [-0.05, 0) is 12.1 Å². The molecule has 66 valence electrons. The number of rotatable bonds is 3. The Morgan fingerprint density at radius 1 is 1.54 bits per heavy atom. The minimum absolute atomic E-state index is 0.0421. The molecule has 2 heteroatoms. The second-order valence-electron chi connectivity index (χ2n) is 2.64. The fourth-order valence-electron chi connectivity index (χ4n) is 0.992. The van der Waals surface area contributed by atoms with E-state index in [0.29, 0.717) is 23.4 Å². The summed E-state index contributed by atoms with van der Waals surface area (Å²) in [4.78, 5) is 11.4. The zero-order valence-electron chi connectivity index (χ0n) is 7.09. The van der Waals surface area contributed by atoms with Gasteiger partial charge in [0.2, 0.25) is 0 Å². The second kappa shape index (κ2) is 4.69. The normalized spacial score (nSPS) is 9.23. The number of Topliss-reactive ketones (excluding diaryl/α,β-unsaturated/α-hetero) is 1. The van der Waals surface area contributed by atoms with Crippen LogP contribution in [0.4, 0.5) is 0 Å². The zero-order valence-corrected chi connectivity index (χ0v) is 7.84. The maximum Gasteiger partial charge on any atom is 0.163 e. The lowest BCUT2D eigenvalue weighted by Crippen LogP contribution is -1.97. The monoisotopic (exact) mass is 192 g/mol. The van der Waals surface area contributed by atoms with Crippen LogP contribution >= 0.6 is 11.6 Å². The Morgan fingerprint density at radius 2 is 2.31 bits per heavy atom. The van der Waals surface area contributed by atoms with Crippen molar-refractivity contribution in [2.45, 2.75) is 12.8 Å². The van der Waals surface area contributed by atoms with E-state index in [2.05, 4.69) is 5.92 Å². The number of carbonyl (C=O) groups excluding carboxylic acids is 1. The Morgan fingerprint density at radius 3 is 2.92 bits per heavy atom. The molecule has 1 aromatic rings. The predicted octanol–water partition coefficient (Wildman–Crippen LogP) is 2.94. The van der Waals surface area contributed by atoms with Gasteiger partial charge in [0.05, 0.1) is 0 Å². The average Bonchev–Trinajstić information content (AvgIpc) is 2.14. The molecule has 1 rings (SSSR count). The summed E-state index contributed by atoms with van der Waals surface area (Å²) in [5, 5.41) is 0.576. The minimum Gasteiger partial charge on any atom is -0.294 e. The summed E-state index contributed by atoms with van der Waals surface area (Å²) in [5.74, 6) is 2.47. The molecule has 0 saturated carbocycles. The highest BCUT2D eigenvalue weighted by molar-refractivity contribution is 6.31. The maximum atomic E-state index is 11.4. The molecule has 0 aromatic heterocycles. The number of hydrogen-bond donors (Lipinski definition) is 0. The molecule has 0 unspecified atom stereocenters. The van der Waals surface area contributed by atoms with Crippen LogP contribution in [-0.2, 0) is 0 Å². The van der Waals surface area contributed by atoms with E-state index in [4.69, 9.17) is 18.0 Å². The molecule has 0 aliphatic carbocycles. The van der Waals surface area contributed by atoms with Crippen molar-refractivity contribution >= 4 is 17.4 Å². The zero-order chi connectivity index (χ0) is 9.68. The standard InChI is InChI=1S/C11H9ClO/c1-2-3-7-11(13)9-5-4-6-10(12)8-9/h1,4-6,8H,3,7H2. The van der Waals surface area contributed by atoms with Gasteiger partial charge in [0, 0.05) is 23.4 Å². The van der Waals surface area contributed by atoms with Gasteiger partial charge in [-0.1, -0.05) is 23.7 Å². The van der Waals surface area contributed by atoms with Crippen LogP contribution in [0, 0.1) is 12.3 Å². The smallest absolute Gasteiger partial charge is 0.163 e. The van der Waals surface area contributed by atoms with E-state index in [1.807, 2.05) is 0 Å². The molecule has 0 amide bonds. The van der Waals surface area contributed by atoms with Crippen molar-refractivity contribution in [2.75, 3.05) is 0 Å². The predicted molar refractivity (Wildman–Crippen MR) is 53.8 cm³/mol. The third-order valence-electron chi connectivity index (χ3n) is 1.64. The largest absolute Gasteiger partial charge is 0.294 e. The third-order valence-corrected chi connectivity index (χ3v) is 1.88. The molecule has 13 heavy (non-hydrogen) atoms. The SMILES string of the molecule is C#CCCC(=O)c1cccc(Cl)c1. The molecule has 1 nitrogen and oxygen atoms in total. The van der Waals surface area contributed by atoms with Gasteiger partial charge >= 0.3 is 0 Å². The van der Waals surface area contributed by atoms with E-state index < -0.39 is 0 Å². The van der Waals surface area contributed by atoms with Gasteiger partial charge in [0.15, 0.2) is 5.78 Å². The van der Waals surface area contributed by atoms with E-state index in [1.165, 1.54) is 0 Å². The van der Waals surface area contributed by atoms with Crippen LogP contribution < -0.4 is 0 Å². The summed E-state index contributed by atoms with van der Waals surface area (Å²) in [6.07, 6.45) is 5.92. The molecule has 0 spiro atoms. The molecule has 0 saturated heterocycles. The van der Waals surface area contributed by atoms with Gasteiger partial charge in [0.1, 0.15) is 0 Å². The van der Waals surface area contributed by atoms with Crippen molar-refractivity contribution in [3.05, 3.63) is 34.9 Å². The lowest BCUT2D eigenvalue weighted by Gasteiger charge is -1.98. The highest BCUT2D eigenvalue weighted by Crippen LogP contribution is 2.12. The first-order chi connectivity index (χ1) is 6.24. The van der Waals surface area contributed by atoms with Crippen LogP contribution in [0.5, 0.6) is 0 Å². The first kappa shape index (κ1) is 9.83. The van der Waals surface area contributed by atoms with Crippen LogP contribution in [0.25, 0.3) is 0 Å². The number of hydrogen-bond acceptors (Lipinski definition) is 1. The highest BCUT2D eigenvalue weighted by Gasteiger charge is 2.04. The number of halogens is 1. The molecule has 0 fully saturated rings. The van der Waals surface area contributed by atoms with Crippen molar-refractivity contribution < 1.29 is 4.79 Å². The lowest BCUT2D eigenvalue weighted by atomic mass is 10.1. The van der Waals surface area contributed by atoms with E-state index in [-0.39, 0.29) is 5.78 Å². The van der Waals surface area contributed by atoms with E-state index in [0.717, 1.165) is 0 Å². The van der Waals surface area contributed by atoms with Crippen LogP contribution in [0.2, 0.25) is 5.02 Å². The minimum atomic E-state index is 0.0421. The molecule has 0 aliphatic heterocycles. The molecule has 0 radical (unpaired) electrons. The first-order valence-electron chi connectivity index (χ1n) is 3.96. The molecule has 0 heterocycles. The summed E-state index contributed by atoms with van der Waals surface area (Å²) >= 11 is 5.73.